The molecule has 1 aromatic heterocycles. The highest BCUT2D eigenvalue weighted by Gasteiger charge is 2.21. The van der Waals surface area contributed by atoms with Gasteiger partial charge in [0.25, 0.3) is 0 Å². The van der Waals surface area contributed by atoms with Crippen LogP contribution in [0.2, 0.25) is 0 Å². The molecule has 0 unspecified atom stereocenters. The highest BCUT2D eigenvalue weighted by molar-refractivity contribution is 5.76. The number of piperazine rings is 1. The van der Waals surface area contributed by atoms with Crippen LogP contribution in [0.1, 0.15) is 19.8 Å². The monoisotopic (exact) mass is 340 g/mol. The van der Waals surface area contributed by atoms with Crippen LogP contribution in [0, 0.1) is 0 Å². The summed E-state index contributed by atoms with van der Waals surface area (Å²) in [5.41, 5.74) is 1.80. The molecule has 0 atom stereocenters. The number of hydrogen-bond donors (Lipinski definition) is 0. The van der Waals surface area contributed by atoms with E-state index in [1.54, 1.807) is 7.11 Å². The van der Waals surface area contributed by atoms with Crippen LogP contribution in [-0.4, -0.2) is 54.3 Å². The number of aromatic nitrogens is 2. The van der Waals surface area contributed by atoms with Crippen molar-refractivity contribution in [2.45, 2.75) is 19.8 Å². The minimum absolute atomic E-state index is 0.251. The zero-order valence-corrected chi connectivity index (χ0v) is 14.8. The van der Waals surface area contributed by atoms with E-state index >= 15 is 0 Å². The van der Waals surface area contributed by atoms with Crippen molar-refractivity contribution in [3.05, 3.63) is 36.4 Å². The molecule has 25 heavy (non-hydrogen) atoms. The number of anilines is 1. The van der Waals surface area contributed by atoms with Gasteiger partial charge in [-0.1, -0.05) is 19.1 Å². The number of rotatable bonds is 5. The van der Waals surface area contributed by atoms with E-state index in [0.717, 1.165) is 55.4 Å². The fourth-order valence-electron chi connectivity index (χ4n) is 2.99. The summed E-state index contributed by atoms with van der Waals surface area (Å²) in [6.45, 7) is 5.12. The van der Waals surface area contributed by atoms with Gasteiger partial charge in [0.05, 0.1) is 12.8 Å². The van der Waals surface area contributed by atoms with E-state index in [0.29, 0.717) is 6.42 Å². The van der Waals surface area contributed by atoms with Gasteiger partial charge in [0.15, 0.2) is 5.82 Å². The molecule has 1 fully saturated rings. The Bertz CT molecular complexity index is 710. The van der Waals surface area contributed by atoms with Gasteiger partial charge in [-0.2, -0.15) is 0 Å². The number of carbonyl (C=O) groups is 1. The molecule has 1 saturated heterocycles. The number of methoxy groups -OCH3 is 1. The number of amides is 1. The highest BCUT2D eigenvalue weighted by atomic mass is 16.5. The van der Waals surface area contributed by atoms with Crippen molar-refractivity contribution in [2.24, 2.45) is 0 Å². The van der Waals surface area contributed by atoms with Gasteiger partial charge in [0, 0.05) is 38.2 Å². The molecular weight excluding hydrogens is 316 g/mol. The average Bonchev–Trinajstić information content (AvgIpc) is 2.68. The number of ether oxygens (including phenoxy) is 1. The van der Waals surface area contributed by atoms with Gasteiger partial charge < -0.3 is 14.5 Å². The zero-order chi connectivity index (χ0) is 17.6. The quantitative estimate of drug-likeness (QED) is 0.837. The molecule has 0 bridgehead atoms. The molecule has 6 nitrogen and oxygen atoms in total. The molecule has 0 spiro atoms. The van der Waals surface area contributed by atoms with E-state index in [2.05, 4.69) is 15.1 Å². The SMILES string of the molecule is CCCC(=O)N1CCN(c2ccc(-c3cccc(OC)c3)nn2)CC1. The topological polar surface area (TPSA) is 58.6 Å². The van der Waals surface area contributed by atoms with E-state index in [-0.39, 0.29) is 5.91 Å². The van der Waals surface area contributed by atoms with Crippen LogP contribution in [-0.2, 0) is 4.79 Å². The largest absolute Gasteiger partial charge is 0.497 e. The summed E-state index contributed by atoms with van der Waals surface area (Å²) in [5.74, 6) is 1.91. The normalized spacial score (nSPS) is 14.5. The molecule has 0 N–H and O–H groups in total. The van der Waals surface area contributed by atoms with Crippen molar-refractivity contribution in [3.63, 3.8) is 0 Å². The summed E-state index contributed by atoms with van der Waals surface area (Å²) in [6.07, 6.45) is 1.53. The zero-order valence-electron chi connectivity index (χ0n) is 14.8. The third-order valence-corrected chi connectivity index (χ3v) is 4.44. The molecule has 1 aliphatic rings. The summed E-state index contributed by atoms with van der Waals surface area (Å²) in [5, 5.41) is 8.73. The van der Waals surface area contributed by atoms with E-state index < -0.39 is 0 Å². The molecule has 1 aromatic carbocycles. The molecular formula is C19H24N4O2. The predicted octanol–water partition coefficient (Wildman–Crippen LogP) is 2.60. The lowest BCUT2D eigenvalue weighted by Crippen LogP contribution is -2.49. The first-order valence-electron chi connectivity index (χ1n) is 8.72. The second kappa shape index (κ2) is 7.96. The third kappa shape index (κ3) is 4.07. The van der Waals surface area contributed by atoms with Crippen LogP contribution in [0.4, 0.5) is 5.82 Å². The summed E-state index contributed by atoms with van der Waals surface area (Å²) >= 11 is 0. The van der Waals surface area contributed by atoms with Crippen molar-refractivity contribution in [2.75, 3.05) is 38.2 Å². The summed E-state index contributed by atoms with van der Waals surface area (Å²) in [7, 11) is 1.65. The lowest BCUT2D eigenvalue weighted by atomic mass is 10.1. The van der Waals surface area contributed by atoms with E-state index in [1.807, 2.05) is 48.2 Å². The van der Waals surface area contributed by atoms with Gasteiger partial charge in [-0.15, -0.1) is 10.2 Å². The van der Waals surface area contributed by atoms with Crippen LogP contribution >= 0.6 is 0 Å². The Kier molecular flexibility index (Phi) is 5.48. The first-order valence-corrected chi connectivity index (χ1v) is 8.72. The maximum absolute atomic E-state index is 12.0. The molecule has 2 aromatic rings. The maximum atomic E-state index is 12.0. The fraction of sp³-hybridized carbons (Fsp3) is 0.421. The molecule has 0 aliphatic carbocycles. The Hall–Kier alpha value is -2.63. The van der Waals surface area contributed by atoms with Gasteiger partial charge >= 0.3 is 0 Å². The van der Waals surface area contributed by atoms with Gasteiger partial charge in [-0.05, 0) is 30.7 Å². The maximum Gasteiger partial charge on any atom is 0.222 e. The average molecular weight is 340 g/mol. The highest BCUT2D eigenvalue weighted by Crippen LogP contribution is 2.23. The first-order chi connectivity index (χ1) is 12.2. The molecule has 6 heteroatoms. The first kappa shape index (κ1) is 17.2. The van der Waals surface area contributed by atoms with Crippen LogP contribution in [0.15, 0.2) is 36.4 Å². The van der Waals surface area contributed by atoms with Crippen molar-refractivity contribution in [1.29, 1.82) is 0 Å². The molecule has 3 rings (SSSR count). The second-order valence-corrected chi connectivity index (χ2v) is 6.13. The molecule has 1 amide bonds. The van der Waals surface area contributed by atoms with Gasteiger partial charge in [-0.25, -0.2) is 0 Å². The number of carbonyl (C=O) groups excluding carboxylic acids is 1. The number of hydrogen-bond acceptors (Lipinski definition) is 5. The molecule has 0 radical (unpaired) electrons. The van der Waals surface area contributed by atoms with Gasteiger partial charge in [0.2, 0.25) is 5.91 Å². The lowest BCUT2D eigenvalue weighted by Gasteiger charge is -2.35. The summed E-state index contributed by atoms with van der Waals surface area (Å²) in [4.78, 5) is 16.1. The van der Waals surface area contributed by atoms with Crippen molar-refractivity contribution in [1.82, 2.24) is 15.1 Å². The van der Waals surface area contributed by atoms with Crippen molar-refractivity contribution in [3.8, 4) is 17.0 Å². The summed E-state index contributed by atoms with van der Waals surface area (Å²) < 4.78 is 5.25. The molecule has 1 aliphatic heterocycles. The lowest BCUT2D eigenvalue weighted by molar-refractivity contribution is -0.131. The Morgan fingerprint density at radius 3 is 2.56 bits per heavy atom. The van der Waals surface area contributed by atoms with Gasteiger partial charge in [0.1, 0.15) is 5.75 Å². The Morgan fingerprint density at radius 1 is 1.12 bits per heavy atom. The summed E-state index contributed by atoms with van der Waals surface area (Å²) in [6, 6.07) is 11.8. The van der Waals surface area contributed by atoms with Crippen LogP contribution in [0.25, 0.3) is 11.3 Å². The smallest absolute Gasteiger partial charge is 0.222 e. The number of benzene rings is 1. The number of nitrogens with zero attached hydrogens (tertiary/aromatic N) is 4. The molecule has 2 heterocycles. The Labute approximate surface area is 148 Å². The predicted molar refractivity (Wildman–Crippen MR) is 97.7 cm³/mol. The van der Waals surface area contributed by atoms with E-state index in [4.69, 9.17) is 4.74 Å². The van der Waals surface area contributed by atoms with Crippen molar-refractivity contribution < 1.29 is 9.53 Å². The molecule has 132 valence electrons. The standard InChI is InChI=1S/C19H24N4O2/c1-3-5-19(24)23-12-10-22(11-13-23)18-9-8-17(20-21-18)15-6-4-7-16(14-15)25-2/h4,6-9,14H,3,5,10-13H2,1-2H3. The van der Waals surface area contributed by atoms with Crippen LogP contribution in [0.5, 0.6) is 5.75 Å². The third-order valence-electron chi connectivity index (χ3n) is 4.44. The van der Waals surface area contributed by atoms with E-state index in [1.165, 1.54) is 0 Å². The Morgan fingerprint density at radius 2 is 1.92 bits per heavy atom. The fourth-order valence-corrected chi connectivity index (χ4v) is 2.99. The van der Waals surface area contributed by atoms with Gasteiger partial charge in [-0.3, -0.25) is 4.79 Å². The van der Waals surface area contributed by atoms with Crippen LogP contribution in [0.3, 0.4) is 0 Å². The van der Waals surface area contributed by atoms with Crippen LogP contribution < -0.4 is 9.64 Å². The second-order valence-electron chi connectivity index (χ2n) is 6.13. The minimum Gasteiger partial charge on any atom is -0.497 e. The molecule has 0 saturated carbocycles. The Balaban J connectivity index is 1.64. The minimum atomic E-state index is 0.251. The van der Waals surface area contributed by atoms with E-state index in [9.17, 15) is 4.79 Å². The van der Waals surface area contributed by atoms with Crippen molar-refractivity contribution >= 4 is 11.7 Å².